The first-order valence-corrected chi connectivity index (χ1v) is 7.49. The summed E-state index contributed by atoms with van der Waals surface area (Å²) in [7, 11) is 0. The van der Waals surface area contributed by atoms with E-state index < -0.39 is 11.7 Å². The number of alkyl halides is 1. The lowest BCUT2D eigenvalue weighted by atomic mass is 9.96. The van der Waals surface area contributed by atoms with E-state index in [1.54, 1.807) is 11.0 Å². The number of hydrogen-bond acceptors (Lipinski definition) is 2. The Hall–Kier alpha value is -0.680. The van der Waals surface area contributed by atoms with Gasteiger partial charge in [-0.05, 0) is 33.5 Å². The summed E-state index contributed by atoms with van der Waals surface area (Å²) in [5, 5.41) is 0.765. The molecule has 0 fully saturated rings. The van der Waals surface area contributed by atoms with Gasteiger partial charge in [0, 0.05) is 16.3 Å². The van der Waals surface area contributed by atoms with Crippen LogP contribution in [0.15, 0.2) is 22.7 Å². The molecule has 0 spiro atoms. The Morgan fingerprint density at radius 2 is 1.94 bits per heavy atom. The van der Waals surface area contributed by atoms with E-state index in [9.17, 15) is 9.59 Å². The van der Waals surface area contributed by atoms with Crippen LogP contribution in [0.3, 0.4) is 0 Å². The number of hydrogen-bond donors (Lipinski definition) is 0. The smallest absolute Gasteiger partial charge is 0.299 e. The van der Waals surface area contributed by atoms with Gasteiger partial charge in [0.2, 0.25) is 0 Å². The average molecular weight is 375 g/mol. The number of ketones is 1. The molecule has 1 aromatic rings. The number of anilines is 1. The van der Waals surface area contributed by atoms with Gasteiger partial charge >= 0.3 is 0 Å². The van der Waals surface area contributed by atoms with Crippen LogP contribution in [0.5, 0.6) is 0 Å². The molecule has 0 radical (unpaired) electrons. The normalized spacial score (nSPS) is 15.2. The highest BCUT2D eigenvalue weighted by Gasteiger charge is 2.39. The van der Waals surface area contributed by atoms with Crippen molar-refractivity contribution in [1.82, 2.24) is 0 Å². The Kier molecular flexibility index (Phi) is 3.65. The second kappa shape index (κ2) is 4.78. The van der Waals surface area contributed by atoms with Gasteiger partial charge in [0.25, 0.3) is 11.7 Å². The number of halogens is 2. The van der Waals surface area contributed by atoms with E-state index in [-0.39, 0.29) is 5.41 Å². The highest BCUT2D eigenvalue weighted by molar-refractivity contribution is 9.10. The predicted octanol–water partition coefficient (Wildman–Crippen LogP) is 3.40. The zero-order chi connectivity index (χ0) is 13.5. The zero-order valence-electron chi connectivity index (χ0n) is 10.2. The van der Waals surface area contributed by atoms with E-state index >= 15 is 0 Å². The average Bonchev–Trinajstić information content (AvgIpc) is 2.55. The lowest BCUT2D eigenvalue weighted by Crippen LogP contribution is -2.38. The van der Waals surface area contributed by atoms with Gasteiger partial charge < -0.3 is 4.90 Å². The molecule has 3 nitrogen and oxygen atoms in total. The van der Waals surface area contributed by atoms with Gasteiger partial charge in [-0.15, -0.1) is 0 Å². The van der Waals surface area contributed by atoms with Crippen LogP contribution in [-0.4, -0.2) is 23.6 Å². The molecule has 18 heavy (non-hydrogen) atoms. The fourth-order valence-corrected chi connectivity index (χ4v) is 2.64. The molecule has 1 amide bonds. The SMILES string of the molecule is CC(C)(CBr)CN1C(=O)C(=O)c2c(Br)cccc21. The van der Waals surface area contributed by atoms with Gasteiger partial charge in [-0.2, -0.15) is 0 Å². The van der Waals surface area contributed by atoms with Gasteiger partial charge in [0.05, 0.1) is 11.3 Å². The van der Waals surface area contributed by atoms with Gasteiger partial charge in [-0.25, -0.2) is 0 Å². The number of carbonyl (C=O) groups is 2. The first-order valence-electron chi connectivity index (χ1n) is 5.58. The number of nitrogens with zero attached hydrogens (tertiary/aromatic N) is 1. The van der Waals surface area contributed by atoms with E-state index in [4.69, 9.17) is 0 Å². The zero-order valence-corrected chi connectivity index (χ0v) is 13.3. The number of carbonyl (C=O) groups excluding carboxylic acids is 2. The van der Waals surface area contributed by atoms with E-state index in [1.807, 2.05) is 12.1 Å². The molecule has 2 rings (SSSR count). The Bertz CT molecular complexity index is 526. The number of benzene rings is 1. The summed E-state index contributed by atoms with van der Waals surface area (Å²) in [6.07, 6.45) is 0. The highest BCUT2D eigenvalue weighted by Crippen LogP contribution is 2.36. The highest BCUT2D eigenvalue weighted by atomic mass is 79.9. The van der Waals surface area contributed by atoms with E-state index in [0.29, 0.717) is 22.3 Å². The molecule has 0 N–H and O–H groups in total. The van der Waals surface area contributed by atoms with Crippen LogP contribution in [0.2, 0.25) is 0 Å². The molecule has 0 aromatic heterocycles. The van der Waals surface area contributed by atoms with E-state index in [2.05, 4.69) is 45.7 Å². The summed E-state index contributed by atoms with van der Waals surface area (Å²) < 4.78 is 0.678. The Labute approximate surface area is 123 Å². The third-order valence-corrected chi connectivity index (χ3v) is 5.08. The Morgan fingerprint density at radius 1 is 1.28 bits per heavy atom. The second-order valence-electron chi connectivity index (χ2n) is 5.15. The van der Waals surface area contributed by atoms with Crippen LogP contribution >= 0.6 is 31.9 Å². The Morgan fingerprint density at radius 3 is 2.56 bits per heavy atom. The molecule has 1 aromatic carbocycles. The summed E-state index contributed by atoms with van der Waals surface area (Å²) in [4.78, 5) is 25.6. The first-order chi connectivity index (χ1) is 8.37. The maximum Gasteiger partial charge on any atom is 0.299 e. The molecule has 5 heteroatoms. The third kappa shape index (κ3) is 2.26. The van der Waals surface area contributed by atoms with Crippen molar-refractivity contribution in [2.45, 2.75) is 13.8 Å². The van der Waals surface area contributed by atoms with Gasteiger partial charge in [0.15, 0.2) is 0 Å². The van der Waals surface area contributed by atoms with Crippen molar-refractivity contribution in [2.75, 3.05) is 16.8 Å². The minimum atomic E-state index is -0.439. The summed E-state index contributed by atoms with van der Waals surface area (Å²) in [5.74, 6) is -0.867. The standard InChI is InChI=1S/C13H13Br2NO2/c1-13(2,6-14)7-16-9-5-3-4-8(15)10(9)11(17)12(16)18/h3-5H,6-7H2,1-2H3. The van der Waals surface area contributed by atoms with Crippen molar-refractivity contribution in [1.29, 1.82) is 0 Å². The molecule has 0 saturated heterocycles. The fraction of sp³-hybridized carbons (Fsp3) is 0.385. The van der Waals surface area contributed by atoms with Crippen molar-refractivity contribution in [3.05, 3.63) is 28.2 Å². The van der Waals surface area contributed by atoms with Crippen molar-refractivity contribution >= 4 is 49.2 Å². The minimum Gasteiger partial charge on any atom is -0.304 e. The molecular weight excluding hydrogens is 362 g/mol. The second-order valence-corrected chi connectivity index (χ2v) is 6.57. The largest absolute Gasteiger partial charge is 0.304 e. The van der Waals surface area contributed by atoms with E-state index in [1.165, 1.54) is 0 Å². The summed E-state index contributed by atoms with van der Waals surface area (Å²) in [5.41, 5.74) is 1.10. The molecule has 0 saturated carbocycles. The molecular formula is C13H13Br2NO2. The van der Waals surface area contributed by atoms with Crippen LogP contribution in [-0.2, 0) is 4.79 Å². The topological polar surface area (TPSA) is 37.4 Å². The van der Waals surface area contributed by atoms with Crippen molar-refractivity contribution in [3.63, 3.8) is 0 Å². The van der Waals surface area contributed by atoms with Crippen LogP contribution in [0, 0.1) is 5.41 Å². The molecule has 0 aliphatic carbocycles. The van der Waals surface area contributed by atoms with Gasteiger partial charge in [-0.3, -0.25) is 9.59 Å². The molecule has 1 aliphatic heterocycles. The number of fused-ring (bicyclic) bond motifs is 1. The number of amides is 1. The van der Waals surface area contributed by atoms with Crippen LogP contribution < -0.4 is 4.90 Å². The molecule has 0 unspecified atom stereocenters. The third-order valence-electron chi connectivity index (χ3n) is 2.90. The summed E-state index contributed by atoms with van der Waals surface area (Å²) in [6.45, 7) is 4.62. The molecule has 0 bridgehead atoms. The molecule has 1 heterocycles. The first kappa shape index (κ1) is 13.7. The van der Waals surface area contributed by atoms with Gasteiger partial charge in [0.1, 0.15) is 0 Å². The summed E-state index contributed by atoms with van der Waals surface area (Å²) in [6, 6.07) is 5.43. The molecule has 1 aliphatic rings. The summed E-state index contributed by atoms with van der Waals surface area (Å²) >= 11 is 6.77. The monoisotopic (exact) mass is 373 g/mol. The van der Waals surface area contributed by atoms with Crippen LogP contribution in [0.1, 0.15) is 24.2 Å². The van der Waals surface area contributed by atoms with Crippen molar-refractivity contribution in [2.24, 2.45) is 5.41 Å². The lowest BCUT2D eigenvalue weighted by Gasteiger charge is -2.28. The lowest BCUT2D eigenvalue weighted by molar-refractivity contribution is -0.114. The quantitative estimate of drug-likeness (QED) is 0.600. The van der Waals surface area contributed by atoms with Crippen LogP contribution in [0.4, 0.5) is 5.69 Å². The molecule has 0 atom stereocenters. The number of rotatable bonds is 3. The number of Topliss-reactive ketones (excluding diaryl/α,β-unsaturated/α-hetero) is 1. The minimum absolute atomic E-state index is 0.0835. The Balaban J connectivity index is 2.44. The van der Waals surface area contributed by atoms with Crippen LogP contribution in [0.25, 0.3) is 0 Å². The maximum atomic E-state index is 12.0. The van der Waals surface area contributed by atoms with Crippen molar-refractivity contribution < 1.29 is 9.59 Å². The predicted molar refractivity (Wildman–Crippen MR) is 78.4 cm³/mol. The maximum absolute atomic E-state index is 12.0. The van der Waals surface area contributed by atoms with E-state index in [0.717, 1.165) is 5.33 Å². The molecule has 96 valence electrons. The van der Waals surface area contributed by atoms with Gasteiger partial charge in [-0.1, -0.05) is 35.8 Å². The van der Waals surface area contributed by atoms with Crippen molar-refractivity contribution in [3.8, 4) is 0 Å². The fourth-order valence-electron chi connectivity index (χ4n) is 1.93.